The maximum Gasteiger partial charge on any atom is 0.306 e. The molecule has 7 heteroatoms. The van der Waals surface area contributed by atoms with E-state index in [9.17, 15) is 19.5 Å². The lowest BCUT2D eigenvalue weighted by Crippen LogP contribution is -2.51. The fraction of sp³-hybridized carbons (Fsp3) is 0.708. The predicted molar refractivity (Wildman–Crippen MR) is 121 cm³/mol. The Morgan fingerprint density at radius 1 is 1.16 bits per heavy atom. The van der Waals surface area contributed by atoms with E-state index >= 15 is 0 Å². The Kier molecular flexibility index (Phi) is 11.0. The molecule has 0 aromatic heterocycles. The van der Waals surface area contributed by atoms with Gasteiger partial charge in [0.15, 0.2) is 0 Å². The summed E-state index contributed by atoms with van der Waals surface area (Å²) in [5.41, 5.74) is -0.917. The predicted octanol–water partition coefficient (Wildman–Crippen LogP) is 3.03. The molecule has 2 amide bonds. The molecule has 0 aliphatic heterocycles. The molecule has 0 radical (unpaired) electrons. The Labute approximate surface area is 186 Å². The van der Waals surface area contributed by atoms with Crippen molar-refractivity contribution in [3.8, 4) is 0 Å². The molecule has 31 heavy (non-hydrogen) atoms. The van der Waals surface area contributed by atoms with Crippen molar-refractivity contribution in [2.45, 2.75) is 83.7 Å². The summed E-state index contributed by atoms with van der Waals surface area (Å²) in [5, 5.41) is 15.6. The summed E-state index contributed by atoms with van der Waals surface area (Å²) in [6, 6.07) is -0.401. The van der Waals surface area contributed by atoms with Gasteiger partial charge in [0.2, 0.25) is 11.8 Å². The van der Waals surface area contributed by atoms with Crippen LogP contribution in [-0.4, -0.2) is 47.7 Å². The van der Waals surface area contributed by atoms with Crippen LogP contribution >= 0.6 is 0 Å². The van der Waals surface area contributed by atoms with Crippen molar-refractivity contribution in [2.75, 3.05) is 13.2 Å². The standard InChI is InChI=1S/C24H40N2O5/c1-6-8-12-21(29)31-16-19(23(3,4)5)25-22(30)18(11-7-2)15-20(28)26-24(17-27)13-9-10-14-24/h6-7,18-19,27H,1-2,8-17H2,3-5H3,(H,25,30)(H,26,28). The molecule has 1 fully saturated rings. The average molecular weight is 437 g/mol. The number of allylic oxidation sites excluding steroid dienone is 2. The molecule has 0 aromatic carbocycles. The fourth-order valence-electron chi connectivity index (χ4n) is 3.70. The highest BCUT2D eigenvalue weighted by molar-refractivity contribution is 5.86. The van der Waals surface area contributed by atoms with Crippen molar-refractivity contribution in [3.05, 3.63) is 25.3 Å². The lowest BCUT2D eigenvalue weighted by atomic mass is 9.86. The molecular weight excluding hydrogens is 396 g/mol. The molecular formula is C24H40N2O5. The van der Waals surface area contributed by atoms with Crippen molar-refractivity contribution in [2.24, 2.45) is 11.3 Å². The number of amides is 2. The van der Waals surface area contributed by atoms with Gasteiger partial charge in [-0.25, -0.2) is 0 Å². The van der Waals surface area contributed by atoms with Gasteiger partial charge in [0.05, 0.1) is 24.1 Å². The fourth-order valence-corrected chi connectivity index (χ4v) is 3.70. The summed E-state index contributed by atoms with van der Waals surface area (Å²) in [5.74, 6) is -1.45. The molecule has 7 nitrogen and oxygen atoms in total. The van der Waals surface area contributed by atoms with Crippen LogP contribution in [0.15, 0.2) is 25.3 Å². The van der Waals surface area contributed by atoms with E-state index in [1.807, 2.05) is 20.8 Å². The van der Waals surface area contributed by atoms with Gasteiger partial charge in [-0.3, -0.25) is 14.4 Å². The molecule has 0 spiro atoms. The molecule has 0 aromatic rings. The Hall–Kier alpha value is -2.15. The van der Waals surface area contributed by atoms with Crippen LogP contribution in [0, 0.1) is 11.3 Å². The van der Waals surface area contributed by atoms with Crippen LogP contribution in [0.4, 0.5) is 0 Å². The second-order valence-corrected chi connectivity index (χ2v) is 9.56. The molecule has 1 aliphatic carbocycles. The van der Waals surface area contributed by atoms with E-state index in [1.165, 1.54) is 0 Å². The quantitative estimate of drug-likeness (QED) is 0.304. The molecule has 1 saturated carbocycles. The van der Waals surface area contributed by atoms with E-state index in [2.05, 4.69) is 23.8 Å². The normalized spacial score (nSPS) is 17.3. The van der Waals surface area contributed by atoms with E-state index in [0.29, 0.717) is 12.8 Å². The number of aliphatic hydroxyl groups excluding tert-OH is 1. The first-order valence-electron chi connectivity index (χ1n) is 11.2. The third-order valence-corrected chi connectivity index (χ3v) is 5.85. The number of carbonyl (C=O) groups excluding carboxylic acids is 3. The number of hydrogen-bond donors (Lipinski definition) is 3. The maximum absolute atomic E-state index is 13.0. The number of ether oxygens (including phenoxy) is 1. The van der Waals surface area contributed by atoms with Gasteiger partial charge in [-0.2, -0.15) is 0 Å². The maximum atomic E-state index is 13.0. The summed E-state index contributed by atoms with van der Waals surface area (Å²) in [6.45, 7) is 13.1. The first-order chi connectivity index (χ1) is 14.6. The van der Waals surface area contributed by atoms with Crippen molar-refractivity contribution in [1.29, 1.82) is 0 Å². The van der Waals surface area contributed by atoms with Crippen LogP contribution in [0.5, 0.6) is 0 Å². The van der Waals surface area contributed by atoms with Crippen LogP contribution in [-0.2, 0) is 19.1 Å². The van der Waals surface area contributed by atoms with Gasteiger partial charge in [0.25, 0.3) is 0 Å². The van der Waals surface area contributed by atoms with Crippen LogP contribution in [0.25, 0.3) is 0 Å². The summed E-state index contributed by atoms with van der Waals surface area (Å²) in [7, 11) is 0. The van der Waals surface area contributed by atoms with Crippen molar-refractivity contribution in [1.82, 2.24) is 10.6 Å². The van der Waals surface area contributed by atoms with Gasteiger partial charge >= 0.3 is 5.97 Å². The highest BCUT2D eigenvalue weighted by Gasteiger charge is 2.36. The van der Waals surface area contributed by atoms with E-state index < -0.39 is 17.5 Å². The molecule has 2 atom stereocenters. The number of nitrogens with one attached hydrogen (secondary N) is 2. The Balaban J connectivity index is 2.74. The molecule has 176 valence electrons. The molecule has 0 saturated heterocycles. The zero-order chi connectivity index (χ0) is 23.5. The van der Waals surface area contributed by atoms with Crippen LogP contribution in [0.2, 0.25) is 0 Å². The summed E-state index contributed by atoms with van der Waals surface area (Å²) in [4.78, 5) is 37.5. The Morgan fingerprint density at radius 2 is 1.81 bits per heavy atom. The third-order valence-electron chi connectivity index (χ3n) is 5.85. The number of hydrogen-bond acceptors (Lipinski definition) is 5. The number of aliphatic hydroxyl groups is 1. The van der Waals surface area contributed by atoms with Crippen LogP contribution in [0.1, 0.15) is 72.1 Å². The lowest BCUT2D eigenvalue weighted by molar-refractivity contribution is -0.146. The zero-order valence-corrected chi connectivity index (χ0v) is 19.4. The van der Waals surface area contributed by atoms with E-state index in [-0.39, 0.29) is 49.3 Å². The van der Waals surface area contributed by atoms with Gasteiger partial charge in [-0.1, -0.05) is 45.8 Å². The molecule has 1 rings (SSSR count). The van der Waals surface area contributed by atoms with Gasteiger partial charge in [0, 0.05) is 12.8 Å². The third kappa shape index (κ3) is 9.25. The molecule has 0 heterocycles. The van der Waals surface area contributed by atoms with Gasteiger partial charge in [-0.05, 0) is 31.1 Å². The second-order valence-electron chi connectivity index (χ2n) is 9.56. The number of rotatable bonds is 13. The zero-order valence-electron chi connectivity index (χ0n) is 19.4. The SMILES string of the molecule is C=CCCC(=O)OCC(NC(=O)C(CC=C)CC(=O)NC1(CO)CCCC1)C(C)(C)C. The molecule has 2 unspecified atom stereocenters. The molecule has 1 aliphatic rings. The average Bonchev–Trinajstić information content (AvgIpc) is 3.16. The van der Waals surface area contributed by atoms with Gasteiger partial charge in [0.1, 0.15) is 6.61 Å². The highest BCUT2D eigenvalue weighted by Crippen LogP contribution is 2.29. The Bertz CT molecular complexity index is 632. The first-order valence-corrected chi connectivity index (χ1v) is 11.2. The molecule has 0 bridgehead atoms. The number of carbonyl (C=O) groups is 3. The summed E-state index contributed by atoms with van der Waals surface area (Å²) < 4.78 is 5.34. The minimum atomic E-state index is -0.587. The van der Waals surface area contributed by atoms with E-state index in [4.69, 9.17) is 4.74 Å². The highest BCUT2D eigenvalue weighted by atomic mass is 16.5. The Morgan fingerprint density at radius 3 is 2.32 bits per heavy atom. The van der Waals surface area contributed by atoms with Crippen LogP contribution in [0.3, 0.4) is 0 Å². The van der Waals surface area contributed by atoms with E-state index in [0.717, 1.165) is 25.7 Å². The minimum absolute atomic E-state index is 0.00951. The largest absolute Gasteiger partial charge is 0.463 e. The van der Waals surface area contributed by atoms with Crippen molar-refractivity contribution in [3.63, 3.8) is 0 Å². The van der Waals surface area contributed by atoms with Gasteiger partial charge in [-0.15, -0.1) is 13.2 Å². The number of esters is 1. The molecule has 3 N–H and O–H groups in total. The van der Waals surface area contributed by atoms with Crippen molar-refractivity contribution >= 4 is 17.8 Å². The van der Waals surface area contributed by atoms with E-state index in [1.54, 1.807) is 12.2 Å². The second kappa shape index (κ2) is 12.6. The lowest BCUT2D eigenvalue weighted by Gasteiger charge is -2.32. The van der Waals surface area contributed by atoms with Crippen LogP contribution < -0.4 is 10.6 Å². The van der Waals surface area contributed by atoms with Crippen molar-refractivity contribution < 1.29 is 24.2 Å². The monoisotopic (exact) mass is 436 g/mol. The van der Waals surface area contributed by atoms with Gasteiger partial charge < -0.3 is 20.5 Å². The first kappa shape index (κ1) is 26.9. The minimum Gasteiger partial charge on any atom is -0.463 e. The topological polar surface area (TPSA) is 105 Å². The summed E-state index contributed by atoms with van der Waals surface area (Å²) >= 11 is 0. The summed E-state index contributed by atoms with van der Waals surface area (Å²) in [6.07, 6.45) is 7.85. The smallest absolute Gasteiger partial charge is 0.306 e.